The number of amides is 1. The minimum Gasteiger partial charge on any atom is -0.445 e. The summed E-state index contributed by atoms with van der Waals surface area (Å²) >= 11 is 0. The number of halogens is 1. The van der Waals surface area contributed by atoms with Crippen LogP contribution in [0.5, 0.6) is 0 Å². The summed E-state index contributed by atoms with van der Waals surface area (Å²) in [5, 5.41) is 1.64. The van der Waals surface area contributed by atoms with Crippen LogP contribution in [-0.4, -0.2) is 70.2 Å². The lowest BCUT2D eigenvalue weighted by Crippen LogP contribution is -2.57. The van der Waals surface area contributed by atoms with Crippen molar-refractivity contribution in [1.29, 1.82) is 0 Å². The van der Waals surface area contributed by atoms with Crippen LogP contribution in [0, 0.1) is 12.4 Å². The molecule has 3 heterocycles. The van der Waals surface area contributed by atoms with Gasteiger partial charge in [-0.1, -0.05) is 54.6 Å². The summed E-state index contributed by atoms with van der Waals surface area (Å²) in [5.74, 6) is 0.438. The molecule has 2 atom stereocenters. The Morgan fingerprint density at radius 2 is 1.79 bits per heavy atom. The van der Waals surface area contributed by atoms with Gasteiger partial charge in [-0.15, -0.1) is 0 Å². The highest BCUT2D eigenvalue weighted by atomic mass is 32.2. The molecule has 6 rings (SSSR count). The molecule has 11 heteroatoms. The van der Waals surface area contributed by atoms with Gasteiger partial charge in [0, 0.05) is 54.5 Å². The molecule has 9 nitrogen and oxygen atoms in total. The molecule has 0 radical (unpaired) electrons. The van der Waals surface area contributed by atoms with Gasteiger partial charge < -0.3 is 19.4 Å². The molecule has 4 aromatic rings. The highest BCUT2D eigenvalue weighted by Crippen LogP contribution is 2.35. The Morgan fingerprint density at radius 3 is 2.56 bits per heavy atom. The number of benzene rings is 3. The van der Waals surface area contributed by atoms with Gasteiger partial charge >= 0.3 is 6.09 Å². The van der Waals surface area contributed by atoms with E-state index in [9.17, 15) is 13.4 Å². The van der Waals surface area contributed by atoms with Crippen molar-refractivity contribution in [3.8, 4) is 0 Å². The first-order valence-corrected chi connectivity index (χ1v) is 15.7. The van der Waals surface area contributed by atoms with Crippen LogP contribution in [0.25, 0.3) is 15.6 Å². The van der Waals surface area contributed by atoms with E-state index in [4.69, 9.17) is 21.3 Å². The van der Waals surface area contributed by atoms with E-state index in [0.717, 1.165) is 27.9 Å². The zero-order valence-electron chi connectivity index (χ0n) is 23.8. The second-order valence-electron chi connectivity index (χ2n) is 10.7. The predicted octanol–water partition coefficient (Wildman–Crippen LogP) is 4.82. The molecular formula is C32H31FN6O3S. The molecule has 1 amide bonds. The predicted molar refractivity (Wildman–Crippen MR) is 164 cm³/mol. The van der Waals surface area contributed by atoms with Gasteiger partial charge in [0.25, 0.3) is 0 Å². The summed E-state index contributed by atoms with van der Waals surface area (Å²) in [6.45, 7) is 10.2. The Bertz CT molecular complexity index is 1730. The fraction of sp³-hybridized carbons (Fsp3) is 0.312. The molecular weight excluding hydrogens is 567 g/mol. The fourth-order valence-corrected chi connectivity index (χ4v) is 6.31. The van der Waals surface area contributed by atoms with Gasteiger partial charge in [0.15, 0.2) is 0 Å². The number of piperazine rings is 1. The number of fused-ring (bicyclic) bond motifs is 2. The Kier molecular flexibility index (Phi) is 8.20. The zero-order chi connectivity index (χ0) is 29.9. The molecule has 0 aliphatic carbocycles. The van der Waals surface area contributed by atoms with E-state index in [1.165, 1.54) is 6.07 Å². The van der Waals surface area contributed by atoms with Crippen LogP contribution in [-0.2, 0) is 35.1 Å². The average Bonchev–Trinajstić information content (AvgIpc) is 3.03. The third kappa shape index (κ3) is 5.88. The molecule has 2 aliphatic heterocycles. The third-order valence-corrected chi connectivity index (χ3v) is 8.69. The lowest BCUT2D eigenvalue weighted by molar-refractivity contribution is 0.0788. The van der Waals surface area contributed by atoms with Crippen LogP contribution in [0.15, 0.2) is 71.9 Å². The van der Waals surface area contributed by atoms with Crippen molar-refractivity contribution in [2.24, 2.45) is 0 Å². The zero-order valence-corrected chi connectivity index (χ0v) is 24.6. The van der Waals surface area contributed by atoms with E-state index >= 15 is 0 Å². The van der Waals surface area contributed by atoms with Crippen molar-refractivity contribution >= 4 is 39.2 Å². The number of ether oxygens (including phenoxy) is 1. The average molecular weight is 599 g/mol. The summed E-state index contributed by atoms with van der Waals surface area (Å²) in [6, 6.07) is 19.8. The Morgan fingerprint density at radius 1 is 1.02 bits per heavy atom. The first-order chi connectivity index (χ1) is 20.9. The quantitative estimate of drug-likeness (QED) is 0.233. The second-order valence-corrected chi connectivity index (χ2v) is 11.9. The van der Waals surface area contributed by atoms with Gasteiger partial charge in [0.1, 0.15) is 24.3 Å². The van der Waals surface area contributed by atoms with Crippen LogP contribution >= 0.6 is 0 Å². The molecule has 0 N–H and O–H groups in total. The molecule has 1 fully saturated rings. The molecule has 0 spiro atoms. The van der Waals surface area contributed by atoms with Gasteiger partial charge in [-0.05, 0) is 24.1 Å². The lowest BCUT2D eigenvalue weighted by atomic mass is 10.0. The maximum absolute atomic E-state index is 14.5. The van der Waals surface area contributed by atoms with E-state index in [-0.39, 0.29) is 30.2 Å². The van der Waals surface area contributed by atoms with Crippen LogP contribution in [0.1, 0.15) is 16.8 Å². The third-order valence-electron chi connectivity index (χ3n) is 7.99. The Hall–Kier alpha value is -4.56. The van der Waals surface area contributed by atoms with Gasteiger partial charge in [-0.2, -0.15) is 0 Å². The molecule has 1 aromatic heterocycles. The lowest BCUT2D eigenvalue weighted by Gasteiger charge is -2.40. The highest BCUT2D eigenvalue weighted by Gasteiger charge is 2.36. The van der Waals surface area contributed by atoms with Crippen molar-refractivity contribution < 1.29 is 18.1 Å². The van der Waals surface area contributed by atoms with Crippen molar-refractivity contribution in [2.45, 2.75) is 30.8 Å². The fourth-order valence-electron chi connectivity index (χ4n) is 5.86. The summed E-state index contributed by atoms with van der Waals surface area (Å²) in [4.78, 5) is 32.0. The number of rotatable bonds is 6. The van der Waals surface area contributed by atoms with E-state index in [2.05, 4.69) is 14.6 Å². The van der Waals surface area contributed by atoms with Crippen molar-refractivity contribution in [1.82, 2.24) is 14.9 Å². The highest BCUT2D eigenvalue weighted by molar-refractivity contribution is 7.84. The topological polar surface area (TPSA) is 83.2 Å². The van der Waals surface area contributed by atoms with Crippen LogP contribution in [0.3, 0.4) is 0 Å². The summed E-state index contributed by atoms with van der Waals surface area (Å²) in [6.07, 6.45) is 1.75. The number of aromatic nitrogens is 2. The van der Waals surface area contributed by atoms with Crippen molar-refractivity contribution in [3.05, 3.63) is 101 Å². The van der Waals surface area contributed by atoms with Crippen LogP contribution < -0.4 is 9.80 Å². The SMILES string of the molecule is [C-]#[N+]CC1CN(c2nc(S(C)=O)nc3c2CCN(c2ccc(F)c4ccccc24)C3)CCN1C(=O)OCc1ccccc1. The van der Waals surface area contributed by atoms with E-state index in [1.54, 1.807) is 23.3 Å². The number of anilines is 2. The van der Waals surface area contributed by atoms with Crippen molar-refractivity contribution in [3.63, 3.8) is 0 Å². The summed E-state index contributed by atoms with van der Waals surface area (Å²) < 4.78 is 32.7. The number of hydrogen-bond donors (Lipinski definition) is 0. The molecule has 0 bridgehead atoms. The molecule has 220 valence electrons. The van der Waals surface area contributed by atoms with Gasteiger partial charge in [-0.25, -0.2) is 25.7 Å². The number of carbonyl (C=O) groups is 1. The van der Waals surface area contributed by atoms with Crippen LogP contribution in [0.2, 0.25) is 0 Å². The smallest absolute Gasteiger partial charge is 0.410 e. The summed E-state index contributed by atoms with van der Waals surface area (Å²) in [5.41, 5.74) is 3.56. The maximum Gasteiger partial charge on any atom is 0.410 e. The first-order valence-electron chi connectivity index (χ1n) is 14.1. The molecule has 2 aliphatic rings. The monoisotopic (exact) mass is 598 g/mol. The van der Waals surface area contributed by atoms with Crippen molar-refractivity contribution in [2.75, 3.05) is 48.8 Å². The Labute approximate surface area is 252 Å². The summed E-state index contributed by atoms with van der Waals surface area (Å²) in [7, 11) is -1.42. The normalized spacial score (nSPS) is 17.3. The van der Waals surface area contributed by atoms with E-state index in [1.807, 2.05) is 48.5 Å². The molecule has 0 saturated carbocycles. The van der Waals surface area contributed by atoms with E-state index < -0.39 is 16.9 Å². The standard InChI is InChI=1S/C32H31FN6O3S/c1-34-18-23-19-38(16-17-39(23)32(40)42-21-22-8-4-3-5-9-22)30-26-14-15-37(20-28(26)35-31(36-30)43(2)41)29-13-12-27(33)24-10-6-7-11-25(24)29/h3-13,23H,14-21H2,2H3. The van der Waals surface area contributed by atoms with Gasteiger partial charge in [0.2, 0.25) is 11.7 Å². The number of nitrogens with zero attached hydrogens (tertiary/aromatic N) is 6. The number of carbonyl (C=O) groups excluding carboxylic acids is 1. The Balaban J connectivity index is 1.26. The van der Waals surface area contributed by atoms with Gasteiger partial charge in [-0.3, -0.25) is 9.11 Å². The maximum atomic E-state index is 14.5. The molecule has 2 unspecified atom stereocenters. The molecule has 3 aromatic carbocycles. The largest absolute Gasteiger partial charge is 0.445 e. The van der Waals surface area contributed by atoms with E-state index in [0.29, 0.717) is 50.3 Å². The number of hydrogen-bond acceptors (Lipinski definition) is 7. The van der Waals surface area contributed by atoms with Gasteiger partial charge in [0.05, 0.1) is 23.0 Å². The first kappa shape index (κ1) is 28.6. The second kappa shape index (κ2) is 12.4. The molecule has 1 saturated heterocycles. The minimum atomic E-state index is -1.42. The van der Waals surface area contributed by atoms with Crippen LogP contribution in [0.4, 0.5) is 20.7 Å². The molecule has 43 heavy (non-hydrogen) atoms. The minimum absolute atomic E-state index is 0.127.